The Labute approximate surface area is 144 Å². The van der Waals surface area contributed by atoms with Crippen molar-refractivity contribution in [1.82, 2.24) is 4.90 Å². The first kappa shape index (κ1) is 18.8. The van der Waals surface area contributed by atoms with Gasteiger partial charge in [-0.1, -0.05) is 6.07 Å². The summed E-state index contributed by atoms with van der Waals surface area (Å²) in [6.07, 6.45) is 3.74. The third-order valence-electron chi connectivity index (χ3n) is 3.44. The molecule has 6 nitrogen and oxygen atoms in total. The topological polar surface area (TPSA) is 87.5 Å². The summed E-state index contributed by atoms with van der Waals surface area (Å²) in [5.41, 5.74) is 6.53. The first-order valence-electron chi connectivity index (χ1n) is 6.19. The minimum Gasteiger partial charge on any atom is -1.00 e. The lowest BCUT2D eigenvalue weighted by Gasteiger charge is -2.47. The number of carboxylic acids is 1. The van der Waals surface area contributed by atoms with E-state index in [1.807, 2.05) is 35.2 Å². The third-order valence-corrected chi connectivity index (χ3v) is 4.80. The van der Waals surface area contributed by atoms with Crippen molar-refractivity contribution >= 4 is 36.0 Å². The summed E-state index contributed by atoms with van der Waals surface area (Å²) in [7, 11) is 0. The van der Waals surface area contributed by atoms with Crippen molar-refractivity contribution in [1.29, 1.82) is 0 Å². The number of nitrogens with zero attached hydrogens (tertiary/aromatic N) is 2. The smallest absolute Gasteiger partial charge is 0.352 e. The number of rotatable bonds is 3. The number of halogens is 2. The van der Waals surface area contributed by atoms with Crippen LogP contribution in [0.2, 0.25) is 0 Å². The van der Waals surface area contributed by atoms with Gasteiger partial charge in [-0.05, 0) is 0 Å². The van der Waals surface area contributed by atoms with Gasteiger partial charge in [0.2, 0.25) is 5.91 Å². The van der Waals surface area contributed by atoms with Crippen LogP contribution in [-0.2, 0) is 16.1 Å². The van der Waals surface area contributed by atoms with Gasteiger partial charge in [-0.3, -0.25) is 9.69 Å². The number of carboxylic acid groups (broad SMARTS) is 1. The Kier molecular flexibility index (Phi) is 6.25. The Bertz CT molecular complexity index is 612. The van der Waals surface area contributed by atoms with Gasteiger partial charge in [-0.25, -0.2) is 9.36 Å². The van der Waals surface area contributed by atoms with Gasteiger partial charge in [-0.2, -0.15) is 0 Å². The number of pyridine rings is 1. The van der Waals surface area contributed by atoms with E-state index in [1.54, 1.807) is 0 Å². The highest BCUT2D eigenvalue weighted by Crippen LogP contribution is 2.39. The van der Waals surface area contributed by atoms with Crippen LogP contribution < -0.4 is 22.7 Å². The van der Waals surface area contributed by atoms with Gasteiger partial charge in [0, 0.05) is 23.5 Å². The molecule has 0 radical (unpaired) electrons. The number of hydrogen-bond donors (Lipinski definition) is 2. The van der Waals surface area contributed by atoms with Crippen LogP contribution in [0.3, 0.4) is 0 Å². The SMILES string of the molecule is Cl.N[C@@H]1C(=O)N2C(C(=O)O)=C(C[n+]3ccccc3)CS[C@@H]12.[Cl-]. The van der Waals surface area contributed by atoms with E-state index in [4.69, 9.17) is 5.73 Å². The maximum absolute atomic E-state index is 11.8. The Morgan fingerprint density at radius 3 is 2.64 bits per heavy atom. The Morgan fingerprint density at radius 1 is 1.41 bits per heavy atom. The first-order chi connectivity index (χ1) is 9.59. The van der Waals surface area contributed by atoms with Crippen LogP contribution >= 0.6 is 24.2 Å². The van der Waals surface area contributed by atoms with E-state index in [0.29, 0.717) is 12.3 Å². The highest BCUT2D eigenvalue weighted by molar-refractivity contribution is 8.00. The van der Waals surface area contributed by atoms with Gasteiger partial charge in [0.05, 0.1) is 0 Å². The fraction of sp³-hybridized carbons (Fsp3) is 0.308. The predicted octanol–water partition coefficient (Wildman–Crippen LogP) is -3.02. The summed E-state index contributed by atoms with van der Waals surface area (Å²) in [5.74, 6) is -0.802. The zero-order valence-corrected chi connectivity index (χ0v) is 13.8. The van der Waals surface area contributed by atoms with E-state index in [0.717, 1.165) is 5.57 Å². The second kappa shape index (κ2) is 7.32. The van der Waals surface area contributed by atoms with Crippen LogP contribution in [-0.4, -0.2) is 39.1 Å². The van der Waals surface area contributed by atoms with E-state index >= 15 is 0 Å². The minimum atomic E-state index is -1.07. The number of carbonyl (C=O) groups excluding carboxylic acids is 1. The van der Waals surface area contributed by atoms with E-state index in [2.05, 4.69) is 0 Å². The number of hydrogen-bond acceptors (Lipinski definition) is 4. The summed E-state index contributed by atoms with van der Waals surface area (Å²) >= 11 is 1.52. The van der Waals surface area contributed by atoms with Gasteiger partial charge >= 0.3 is 5.97 Å². The van der Waals surface area contributed by atoms with Gasteiger partial charge in [0.25, 0.3) is 0 Å². The van der Waals surface area contributed by atoms with Crippen LogP contribution in [0.1, 0.15) is 0 Å². The Balaban J connectivity index is 0.00000121. The largest absolute Gasteiger partial charge is 1.00 e. The highest BCUT2D eigenvalue weighted by Gasteiger charge is 2.52. The summed E-state index contributed by atoms with van der Waals surface area (Å²) in [6, 6.07) is 5.07. The molecule has 1 fully saturated rings. The quantitative estimate of drug-likeness (QED) is 0.441. The van der Waals surface area contributed by atoms with E-state index in [1.165, 1.54) is 16.7 Å². The number of aromatic nitrogens is 1. The van der Waals surface area contributed by atoms with Crippen LogP contribution in [0.5, 0.6) is 0 Å². The molecule has 0 aliphatic carbocycles. The monoisotopic (exact) mass is 363 g/mol. The minimum absolute atomic E-state index is 0. The molecule has 22 heavy (non-hydrogen) atoms. The molecule has 2 atom stereocenters. The van der Waals surface area contributed by atoms with Crippen LogP contribution in [0, 0.1) is 0 Å². The average Bonchev–Trinajstić information content (AvgIpc) is 2.46. The average molecular weight is 364 g/mol. The molecule has 1 saturated heterocycles. The van der Waals surface area contributed by atoms with Crippen LogP contribution in [0.25, 0.3) is 0 Å². The number of β-lactam (4-membered cyclic amide) rings is 1. The Hall–Kier alpha value is -1.28. The van der Waals surface area contributed by atoms with Gasteiger partial charge in [-0.15, -0.1) is 24.2 Å². The van der Waals surface area contributed by atoms with Crippen molar-refractivity contribution < 1.29 is 31.7 Å². The second-order valence-electron chi connectivity index (χ2n) is 4.74. The third kappa shape index (κ3) is 3.08. The molecule has 2 aliphatic heterocycles. The lowest BCUT2D eigenvalue weighted by atomic mass is 10.0. The molecule has 3 rings (SSSR count). The number of carbonyl (C=O) groups is 2. The van der Waals surface area contributed by atoms with Crippen molar-refractivity contribution in [2.24, 2.45) is 5.73 Å². The lowest BCUT2D eigenvalue weighted by molar-refractivity contribution is -0.689. The molecule has 0 unspecified atom stereocenters. The molecule has 1 amide bonds. The fourth-order valence-corrected chi connectivity index (χ4v) is 3.74. The molecule has 1 aromatic rings. The number of nitrogens with two attached hydrogens (primary N) is 1. The summed E-state index contributed by atoms with van der Waals surface area (Å²) in [5, 5.41) is 9.16. The molecule has 0 bridgehead atoms. The van der Waals surface area contributed by atoms with Crippen LogP contribution in [0.4, 0.5) is 0 Å². The zero-order valence-electron chi connectivity index (χ0n) is 11.4. The van der Waals surface area contributed by atoms with Crippen molar-refractivity contribution in [2.75, 3.05) is 5.75 Å². The molecular weight excluding hydrogens is 349 g/mol. The number of thioether (sulfide) groups is 1. The maximum atomic E-state index is 11.8. The van der Waals surface area contributed by atoms with Crippen molar-refractivity contribution in [3.05, 3.63) is 41.9 Å². The summed E-state index contributed by atoms with van der Waals surface area (Å²) < 4.78 is 1.89. The molecule has 3 heterocycles. The molecule has 3 N–H and O–H groups in total. The highest BCUT2D eigenvalue weighted by atomic mass is 35.5. The molecule has 0 saturated carbocycles. The fourth-order valence-electron chi connectivity index (χ4n) is 2.46. The Morgan fingerprint density at radius 2 is 2.05 bits per heavy atom. The molecule has 2 aliphatic rings. The van der Waals surface area contributed by atoms with Crippen molar-refractivity contribution in [3.63, 3.8) is 0 Å². The molecular formula is C13H15Cl2N3O3S. The number of fused-ring (bicyclic) bond motifs is 1. The summed E-state index contributed by atoms with van der Waals surface area (Å²) in [6.45, 7) is 0.460. The maximum Gasteiger partial charge on any atom is 0.352 e. The second-order valence-corrected chi connectivity index (χ2v) is 5.85. The molecule has 9 heteroatoms. The lowest BCUT2D eigenvalue weighted by Crippen LogP contribution is -3.00. The van der Waals surface area contributed by atoms with Crippen molar-refractivity contribution in [2.45, 2.75) is 18.0 Å². The molecule has 0 spiro atoms. The molecule has 1 aromatic heterocycles. The van der Waals surface area contributed by atoms with Crippen LogP contribution in [0.15, 0.2) is 41.9 Å². The van der Waals surface area contributed by atoms with E-state index < -0.39 is 12.0 Å². The normalized spacial score (nSPS) is 23.0. The molecule has 0 aromatic carbocycles. The van der Waals surface area contributed by atoms with E-state index in [9.17, 15) is 14.7 Å². The predicted molar refractivity (Wildman–Crippen MR) is 79.6 cm³/mol. The van der Waals surface area contributed by atoms with E-state index in [-0.39, 0.29) is 41.8 Å². The summed E-state index contributed by atoms with van der Waals surface area (Å²) in [4.78, 5) is 24.6. The standard InChI is InChI=1S/C13H13N3O3S.2ClH/c14-9-11(17)16-10(13(18)19)8(7-20-12(9)16)6-15-4-2-1-3-5-15;;/h1-5,9,12H,6-7,14H2;2*1H/t9-,12+;;/m1../s1. The zero-order chi connectivity index (χ0) is 14.3. The number of amides is 1. The van der Waals surface area contributed by atoms with Gasteiger partial charge in [0.1, 0.15) is 17.1 Å². The first-order valence-corrected chi connectivity index (χ1v) is 7.24. The number of aliphatic carboxylic acids is 1. The van der Waals surface area contributed by atoms with Gasteiger partial charge < -0.3 is 23.2 Å². The van der Waals surface area contributed by atoms with Gasteiger partial charge in [0.15, 0.2) is 18.9 Å². The molecule has 120 valence electrons. The van der Waals surface area contributed by atoms with Crippen molar-refractivity contribution in [3.8, 4) is 0 Å².